The van der Waals surface area contributed by atoms with Crippen LogP contribution in [0.3, 0.4) is 0 Å². The van der Waals surface area contributed by atoms with Crippen LogP contribution < -0.4 is 0 Å². The quantitative estimate of drug-likeness (QED) is 0.526. The van der Waals surface area contributed by atoms with Crippen molar-refractivity contribution >= 4 is 19.8 Å². The molecule has 0 aromatic rings. The molecule has 0 fully saturated rings. The first-order valence-corrected chi connectivity index (χ1v) is 2.02. The standard InChI is InChI=1S/C4H10O.Ga.3H/c1-2-3-4-5;;;;/h5H,2-4H2,1H3;;;;. The average Bonchev–Trinajstić information content (AvgIpc) is 1.41. The van der Waals surface area contributed by atoms with Crippen molar-refractivity contribution in [2.45, 2.75) is 19.8 Å². The molecule has 0 aromatic heterocycles. The van der Waals surface area contributed by atoms with Gasteiger partial charge in [0.15, 0.2) is 0 Å². The number of aliphatic hydroxyl groups excluding tert-OH is 1. The molecular weight excluding hydrogens is 134 g/mol. The Labute approximate surface area is 51.8 Å². The van der Waals surface area contributed by atoms with Crippen LogP contribution in [0.1, 0.15) is 19.8 Å². The molecule has 0 saturated heterocycles. The van der Waals surface area contributed by atoms with Gasteiger partial charge >= 0.3 is 19.8 Å². The van der Waals surface area contributed by atoms with E-state index >= 15 is 0 Å². The third-order valence-electron chi connectivity index (χ3n) is 0.512. The van der Waals surface area contributed by atoms with Crippen molar-refractivity contribution in [3.05, 3.63) is 0 Å². The first-order valence-electron chi connectivity index (χ1n) is 2.02. The Bertz CT molecular complexity index is 15.0. The Morgan fingerprint density at radius 3 is 2.00 bits per heavy atom. The van der Waals surface area contributed by atoms with Gasteiger partial charge in [-0.2, -0.15) is 0 Å². The number of hydrogen-bond acceptors (Lipinski definition) is 1. The van der Waals surface area contributed by atoms with Crippen molar-refractivity contribution < 1.29 is 5.11 Å². The van der Waals surface area contributed by atoms with Crippen LogP contribution in [0, 0.1) is 0 Å². The minimum atomic E-state index is 0. The Kier molecular flexibility index (Phi) is 14.9. The van der Waals surface area contributed by atoms with E-state index in [1.807, 2.05) is 0 Å². The van der Waals surface area contributed by atoms with Gasteiger partial charge in [0.1, 0.15) is 0 Å². The van der Waals surface area contributed by atoms with Crippen LogP contribution in [-0.4, -0.2) is 31.5 Å². The predicted octanol–water partition coefficient (Wildman–Crippen LogP) is -0.405. The molecule has 0 aromatic carbocycles. The van der Waals surface area contributed by atoms with E-state index in [9.17, 15) is 0 Å². The first-order chi connectivity index (χ1) is 2.41. The monoisotopic (exact) mass is 146 g/mol. The minimum absolute atomic E-state index is 0. The molecular formula is C4H13GaO. The Balaban J connectivity index is 0. The summed E-state index contributed by atoms with van der Waals surface area (Å²) in [6.45, 7) is 2.40. The average molecular weight is 147 g/mol. The SMILES string of the molecule is CCCCO.[GaH3]. The summed E-state index contributed by atoms with van der Waals surface area (Å²) < 4.78 is 0. The molecule has 1 N–H and O–H groups in total. The summed E-state index contributed by atoms with van der Waals surface area (Å²) in [6, 6.07) is 0. The van der Waals surface area contributed by atoms with Crippen molar-refractivity contribution in [1.29, 1.82) is 0 Å². The fourth-order valence-electron chi connectivity index (χ4n) is 0.158. The predicted molar refractivity (Wildman–Crippen MR) is 31.9 cm³/mol. The molecule has 38 valence electrons. The van der Waals surface area contributed by atoms with Gasteiger partial charge in [0.25, 0.3) is 0 Å². The van der Waals surface area contributed by atoms with Crippen molar-refractivity contribution in [3.63, 3.8) is 0 Å². The second-order valence-electron chi connectivity index (χ2n) is 1.08. The van der Waals surface area contributed by atoms with Crippen LogP contribution in [0.5, 0.6) is 0 Å². The second kappa shape index (κ2) is 9.14. The third-order valence-corrected chi connectivity index (χ3v) is 0.512. The Morgan fingerprint density at radius 2 is 2.00 bits per heavy atom. The molecule has 0 radical (unpaired) electrons. The summed E-state index contributed by atoms with van der Waals surface area (Å²) in [5.41, 5.74) is 0. The molecule has 0 unspecified atom stereocenters. The molecule has 0 heterocycles. The van der Waals surface area contributed by atoms with E-state index in [0.29, 0.717) is 6.61 Å². The molecule has 0 bridgehead atoms. The summed E-state index contributed by atoms with van der Waals surface area (Å²) in [4.78, 5) is 0. The molecule has 0 amide bonds. The van der Waals surface area contributed by atoms with Gasteiger partial charge < -0.3 is 5.11 Å². The maximum atomic E-state index is 8.07. The van der Waals surface area contributed by atoms with Gasteiger partial charge in [-0.25, -0.2) is 0 Å². The van der Waals surface area contributed by atoms with E-state index in [-0.39, 0.29) is 19.8 Å². The molecule has 0 aliphatic heterocycles. The van der Waals surface area contributed by atoms with Crippen LogP contribution in [0.2, 0.25) is 0 Å². The third kappa shape index (κ3) is 8.82. The van der Waals surface area contributed by atoms with E-state index in [1.165, 1.54) is 0 Å². The van der Waals surface area contributed by atoms with Crippen LogP contribution >= 0.6 is 0 Å². The zero-order valence-corrected chi connectivity index (χ0v) is 3.57. The zero-order chi connectivity index (χ0) is 4.12. The van der Waals surface area contributed by atoms with Crippen LogP contribution in [-0.2, 0) is 0 Å². The molecule has 6 heavy (non-hydrogen) atoms. The Hall–Kier alpha value is 0.596. The van der Waals surface area contributed by atoms with Gasteiger partial charge in [0.05, 0.1) is 0 Å². The van der Waals surface area contributed by atoms with Crippen LogP contribution in [0.15, 0.2) is 0 Å². The van der Waals surface area contributed by atoms with Gasteiger partial charge in [-0.15, -0.1) is 0 Å². The number of rotatable bonds is 2. The van der Waals surface area contributed by atoms with E-state index in [1.54, 1.807) is 0 Å². The summed E-state index contributed by atoms with van der Waals surface area (Å²) in [6.07, 6.45) is 2.04. The summed E-state index contributed by atoms with van der Waals surface area (Å²) in [7, 11) is 0. The topological polar surface area (TPSA) is 20.2 Å². The van der Waals surface area contributed by atoms with Gasteiger partial charge in [-0.1, -0.05) is 13.3 Å². The zero-order valence-electron chi connectivity index (χ0n) is 3.57. The fraction of sp³-hybridized carbons (Fsp3) is 1.00. The molecule has 0 spiro atoms. The van der Waals surface area contributed by atoms with Gasteiger partial charge in [0.2, 0.25) is 0 Å². The van der Waals surface area contributed by atoms with Gasteiger partial charge in [-0.05, 0) is 6.42 Å². The summed E-state index contributed by atoms with van der Waals surface area (Å²) in [5.74, 6) is 0. The molecule has 0 aliphatic rings. The second-order valence-corrected chi connectivity index (χ2v) is 1.08. The van der Waals surface area contributed by atoms with Crippen LogP contribution in [0.25, 0.3) is 0 Å². The maximum absolute atomic E-state index is 8.07. The molecule has 0 saturated carbocycles. The van der Waals surface area contributed by atoms with Gasteiger partial charge in [-0.3, -0.25) is 0 Å². The van der Waals surface area contributed by atoms with Crippen molar-refractivity contribution in [3.8, 4) is 0 Å². The number of hydrogen-bond donors (Lipinski definition) is 1. The number of aliphatic hydroxyl groups is 1. The molecule has 0 atom stereocenters. The first kappa shape index (κ1) is 9.78. The molecule has 0 aliphatic carbocycles. The normalized spacial score (nSPS) is 7.00. The summed E-state index contributed by atoms with van der Waals surface area (Å²) >= 11 is 0. The van der Waals surface area contributed by atoms with E-state index < -0.39 is 0 Å². The summed E-state index contributed by atoms with van der Waals surface area (Å²) in [5, 5.41) is 8.07. The molecule has 0 rings (SSSR count). The van der Waals surface area contributed by atoms with Crippen molar-refractivity contribution in [2.75, 3.05) is 6.61 Å². The molecule has 1 nitrogen and oxygen atoms in total. The van der Waals surface area contributed by atoms with E-state index in [0.717, 1.165) is 12.8 Å². The van der Waals surface area contributed by atoms with E-state index in [2.05, 4.69) is 6.92 Å². The van der Waals surface area contributed by atoms with Crippen molar-refractivity contribution in [2.24, 2.45) is 0 Å². The van der Waals surface area contributed by atoms with Crippen molar-refractivity contribution in [1.82, 2.24) is 0 Å². The van der Waals surface area contributed by atoms with Gasteiger partial charge in [0, 0.05) is 6.61 Å². The fourth-order valence-corrected chi connectivity index (χ4v) is 0.158. The van der Waals surface area contributed by atoms with Crippen LogP contribution in [0.4, 0.5) is 0 Å². The molecule has 2 heteroatoms. The Morgan fingerprint density at radius 1 is 1.50 bits per heavy atom. The number of unbranched alkanes of at least 4 members (excludes halogenated alkanes) is 1. The van der Waals surface area contributed by atoms with E-state index in [4.69, 9.17) is 5.11 Å².